The first-order valence-electron chi connectivity index (χ1n) is 9.71. The molecule has 0 aromatic heterocycles. The smallest absolute Gasteiger partial charge is 0.338 e. The third kappa shape index (κ3) is 5.45. The Bertz CT molecular complexity index is 1100. The minimum absolute atomic E-state index is 0.00481. The summed E-state index contributed by atoms with van der Waals surface area (Å²) in [5.41, 5.74) is 0.491. The van der Waals surface area contributed by atoms with Crippen LogP contribution in [0.3, 0.4) is 0 Å². The van der Waals surface area contributed by atoms with E-state index in [1.807, 2.05) is 0 Å². The van der Waals surface area contributed by atoms with Gasteiger partial charge in [0.2, 0.25) is 10.0 Å². The average molecular weight is 452 g/mol. The highest BCUT2D eigenvalue weighted by Gasteiger charge is 2.28. The van der Waals surface area contributed by atoms with E-state index in [0.717, 1.165) is 37.5 Å². The van der Waals surface area contributed by atoms with E-state index in [1.54, 1.807) is 6.92 Å². The van der Waals surface area contributed by atoms with Crippen LogP contribution in [0.25, 0.3) is 0 Å². The summed E-state index contributed by atoms with van der Waals surface area (Å²) >= 11 is 0. The Balaban J connectivity index is 1.67. The number of carbonyl (C=O) groups is 2. The van der Waals surface area contributed by atoms with E-state index in [1.165, 1.54) is 22.5 Å². The highest BCUT2D eigenvalue weighted by Crippen LogP contribution is 2.24. The molecule has 1 N–H and O–H groups in total. The van der Waals surface area contributed by atoms with Crippen LogP contribution in [0.5, 0.6) is 0 Å². The SMILES string of the molecule is Cc1ccc(C(=O)OCC(=O)Nc2ccc(F)c(F)c2)cc1S(=O)(=O)N1CCCCC1. The molecule has 1 aliphatic heterocycles. The van der Waals surface area contributed by atoms with Crippen molar-refractivity contribution in [3.8, 4) is 0 Å². The first-order valence-corrected chi connectivity index (χ1v) is 11.2. The lowest BCUT2D eigenvalue weighted by molar-refractivity contribution is -0.119. The fourth-order valence-electron chi connectivity index (χ4n) is 3.23. The van der Waals surface area contributed by atoms with E-state index in [9.17, 15) is 26.8 Å². The van der Waals surface area contributed by atoms with E-state index >= 15 is 0 Å². The van der Waals surface area contributed by atoms with Crippen LogP contribution in [0.4, 0.5) is 14.5 Å². The van der Waals surface area contributed by atoms with Gasteiger partial charge in [0.05, 0.1) is 10.5 Å². The second kappa shape index (κ2) is 9.52. The van der Waals surface area contributed by atoms with Crippen molar-refractivity contribution in [2.24, 2.45) is 0 Å². The summed E-state index contributed by atoms with van der Waals surface area (Å²) in [6, 6.07) is 6.99. The van der Waals surface area contributed by atoms with Crippen molar-refractivity contribution in [2.75, 3.05) is 25.0 Å². The van der Waals surface area contributed by atoms with Gasteiger partial charge in [-0.15, -0.1) is 0 Å². The number of esters is 1. The topological polar surface area (TPSA) is 92.8 Å². The van der Waals surface area contributed by atoms with Gasteiger partial charge in [-0.05, 0) is 49.6 Å². The van der Waals surface area contributed by atoms with Gasteiger partial charge in [0.1, 0.15) is 0 Å². The van der Waals surface area contributed by atoms with Gasteiger partial charge in [-0.1, -0.05) is 12.5 Å². The standard InChI is InChI=1S/C21H22F2N2O5S/c1-14-5-6-15(11-19(14)31(28,29)25-9-3-2-4-10-25)21(27)30-13-20(26)24-16-7-8-17(22)18(23)12-16/h5-8,11-12H,2-4,9-10,13H2,1H3,(H,24,26). The number of sulfonamides is 1. The van der Waals surface area contributed by atoms with E-state index in [-0.39, 0.29) is 16.1 Å². The van der Waals surface area contributed by atoms with Crippen molar-refractivity contribution in [1.29, 1.82) is 0 Å². The molecule has 0 bridgehead atoms. The lowest BCUT2D eigenvalue weighted by Gasteiger charge is -2.26. The molecule has 1 aliphatic rings. The normalized spacial score (nSPS) is 14.8. The Hall–Kier alpha value is -2.85. The lowest BCUT2D eigenvalue weighted by Crippen LogP contribution is -2.36. The predicted molar refractivity (Wildman–Crippen MR) is 109 cm³/mol. The molecule has 1 saturated heterocycles. The van der Waals surface area contributed by atoms with E-state index in [0.29, 0.717) is 18.7 Å². The van der Waals surface area contributed by atoms with Crippen molar-refractivity contribution in [3.05, 3.63) is 59.2 Å². The van der Waals surface area contributed by atoms with E-state index < -0.39 is 40.1 Å². The second-order valence-electron chi connectivity index (χ2n) is 7.20. The third-order valence-corrected chi connectivity index (χ3v) is 6.94. The third-order valence-electron chi connectivity index (χ3n) is 4.89. The Labute approximate surface area is 179 Å². The van der Waals surface area contributed by atoms with Crippen LogP contribution in [0.1, 0.15) is 35.2 Å². The molecule has 166 valence electrons. The summed E-state index contributed by atoms with van der Waals surface area (Å²) in [7, 11) is -3.75. The molecule has 0 spiro atoms. The van der Waals surface area contributed by atoms with Crippen molar-refractivity contribution < 1.29 is 31.5 Å². The molecule has 0 aliphatic carbocycles. The van der Waals surface area contributed by atoms with Gasteiger partial charge in [-0.25, -0.2) is 22.0 Å². The van der Waals surface area contributed by atoms with Crippen LogP contribution in [-0.2, 0) is 19.6 Å². The molecule has 0 atom stereocenters. The summed E-state index contributed by atoms with van der Waals surface area (Å²) in [6.07, 6.45) is 2.55. The first-order chi connectivity index (χ1) is 14.7. The number of hydrogen-bond donors (Lipinski definition) is 1. The molecular formula is C21H22F2N2O5S. The van der Waals surface area contributed by atoms with Crippen molar-refractivity contribution in [2.45, 2.75) is 31.1 Å². The Morgan fingerprint density at radius 2 is 1.74 bits per heavy atom. The van der Waals surface area contributed by atoms with Gasteiger partial charge < -0.3 is 10.1 Å². The number of piperidine rings is 1. The lowest BCUT2D eigenvalue weighted by atomic mass is 10.1. The van der Waals surface area contributed by atoms with E-state index in [2.05, 4.69) is 5.32 Å². The van der Waals surface area contributed by atoms with Crippen LogP contribution in [-0.4, -0.2) is 44.3 Å². The summed E-state index contributed by atoms with van der Waals surface area (Å²) in [4.78, 5) is 24.3. The number of rotatable bonds is 6. The van der Waals surface area contributed by atoms with Crippen LogP contribution >= 0.6 is 0 Å². The predicted octanol–water partition coefficient (Wildman–Crippen LogP) is 3.24. The van der Waals surface area contributed by atoms with Gasteiger partial charge in [-0.2, -0.15) is 4.31 Å². The van der Waals surface area contributed by atoms with Crippen molar-refractivity contribution in [1.82, 2.24) is 4.31 Å². The number of anilines is 1. The molecule has 2 aromatic rings. The Morgan fingerprint density at radius 1 is 1.03 bits per heavy atom. The fraction of sp³-hybridized carbons (Fsp3) is 0.333. The van der Waals surface area contributed by atoms with Gasteiger partial charge in [0.25, 0.3) is 5.91 Å². The number of ether oxygens (including phenoxy) is 1. The average Bonchev–Trinajstić information content (AvgIpc) is 2.75. The molecule has 0 saturated carbocycles. The minimum Gasteiger partial charge on any atom is -0.452 e. The fourth-order valence-corrected chi connectivity index (χ4v) is 5.00. The molecule has 1 amide bonds. The molecule has 10 heteroatoms. The Kier molecular flexibility index (Phi) is 7.01. The van der Waals surface area contributed by atoms with Crippen molar-refractivity contribution in [3.63, 3.8) is 0 Å². The molecule has 3 rings (SSSR count). The maximum Gasteiger partial charge on any atom is 0.338 e. The minimum atomic E-state index is -3.75. The maximum absolute atomic E-state index is 13.2. The zero-order valence-electron chi connectivity index (χ0n) is 16.9. The van der Waals surface area contributed by atoms with Gasteiger partial charge in [0, 0.05) is 24.8 Å². The number of amides is 1. The first kappa shape index (κ1) is 22.8. The molecule has 1 heterocycles. The quantitative estimate of drug-likeness (QED) is 0.680. The number of aryl methyl sites for hydroxylation is 1. The zero-order chi connectivity index (χ0) is 22.6. The maximum atomic E-state index is 13.2. The number of benzene rings is 2. The highest BCUT2D eigenvalue weighted by molar-refractivity contribution is 7.89. The number of carbonyl (C=O) groups excluding carboxylic acids is 2. The number of nitrogens with zero attached hydrogens (tertiary/aromatic N) is 1. The Morgan fingerprint density at radius 3 is 2.42 bits per heavy atom. The van der Waals surface area contributed by atoms with Crippen LogP contribution in [0.2, 0.25) is 0 Å². The summed E-state index contributed by atoms with van der Waals surface area (Å²) < 4.78 is 58.4. The largest absolute Gasteiger partial charge is 0.452 e. The zero-order valence-corrected chi connectivity index (χ0v) is 17.7. The van der Waals surface area contributed by atoms with Crippen LogP contribution < -0.4 is 5.32 Å². The second-order valence-corrected chi connectivity index (χ2v) is 9.10. The van der Waals surface area contributed by atoms with Crippen LogP contribution in [0, 0.1) is 18.6 Å². The molecule has 31 heavy (non-hydrogen) atoms. The monoisotopic (exact) mass is 452 g/mol. The molecule has 0 unspecified atom stereocenters. The summed E-state index contributed by atoms with van der Waals surface area (Å²) in [5, 5.41) is 2.28. The van der Waals surface area contributed by atoms with Gasteiger partial charge in [0.15, 0.2) is 18.2 Å². The van der Waals surface area contributed by atoms with Gasteiger partial charge >= 0.3 is 5.97 Å². The van der Waals surface area contributed by atoms with Gasteiger partial charge in [-0.3, -0.25) is 4.79 Å². The number of nitrogens with one attached hydrogen (secondary N) is 1. The van der Waals surface area contributed by atoms with E-state index in [4.69, 9.17) is 4.74 Å². The number of hydrogen-bond acceptors (Lipinski definition) is 5. The molecule has 2 aromatic carbocycles. The number of halogens is 2. The summed E-state index contributed by atoms with van der Waals surface area (Å²) in [6.45, 7) is 1.82. The molecule has 1 fully saturated rings. The van der Waals surface area contributed by atoms with Crippen molar-refractivity contribution >= 4 is 27.6 Å². The van der Waals surface area contributed by atoms with Crippen LogP contribution in [0.15, 0.2) is 41.3 Å². The molecule has 7 nitrogen and oxygen atoms in total. The highest BCUT2D eigenvalue weighted by atomic mass is 32.2. The summed E-state index contributed by atoms with van der Waals surface area (Å²) in [5.74, 6) is -3.82. The molecule has 0 radical (unpaired) electrons. The molecular weight excluding hydrogens is 430 g/mol.